The van der Waals surface area contributed by atoms with Crippen molar-refractivity contribution in [2.24, 2.45) is 0 Å². The number of halogens is 1. The van der Waals surface area contributed by atoms with Crippen LogP contribution in [-0.2, 0) is 19.8 Å². The quantitative estimate of drug-likeness (QED) is 0.231. The average molecular weight is 533 g/mol. The molecule has 2 amide bonds. The summed E-state index contributed by atoms with van der Waals surface area (Å²) in [5, 5.41) is 14.3. The normalized spacial score (nSPS) is 17.0. The number of hydrogen-bond acceptors (Lipinski definition) is 5. The Morgan fingerprint density at radius 2 is 1.71 bits per heavy atom. The van der Waals surface area contributed by atoms with Gasteiger partial charge in [-0.3, -0.25) is 19.3 Å². The number of carbonyl (C=O) groups is 3. The van der Waals surface area contributed by atoms with Crippen LogP contribution < -0.4 is 15.0 Å². The highest BCUT2D eigenvalue weighted by molar-refractivity contribution is 6.51. The van der Waals surface area contributed by atoms with E-state index in [9.17, 15) is 19.5 Å². The lowest BCUT2D eigenvalue weighted by Gasteiger charge is -2.27. The van der Waals surface area contributed by atoms with Gasteiger partial charge in [0.05, 0.1) is 23.7 Å². The van der Waals surface area contributed by atoms with E-state index in [1.165, 1.54) is 25.0 Å². The van der Waals surface area contributed by atoms with Gasteiger partial charge in [0.15, 0.2) is 0 Å². The number of aliphatic hydroxyl groups excluding tert-OH is 1. The lowest BCUT2D eigenvalue weighted by molar-refractivity contribution is -0.132. The number of nitrogens with zero attached hydrogens (tertiary/aromatic N) is 1. The number of amides is 2. The zero-order valence-electron chi connectivity index (χ0n) is 21.8. The number of anilines is 2. The Kier molecular flexibility index (Phi) is 7.33. The molecule has 1 atom stereocenters. The molecule has 196 valence electrons. The number of Topliss-reactive ketones (excluding diaryl/α,β-unsaturated/α-hetero) is 1. The first-order chi connectivity index (χ1) is 17.9. The van der Waals surface area contributed by atoms with E-state index in [1.807, 2.05) is 24.3 Å². The second-order valence-electron chi connectivity index (χ2n) is 10.1. The Labute approximate surface area is 226 Å². The molecule has 8 heteroatoms. The molecule has 0 bridgehead atoms. The molecule has 0 spiro atoms. The molecule has 1 unspecified atom stereocenters. The SMILES string of the molecule is COc1ccc(/C(O)=C2\C(=O)C(=O)N(c3cccc(NC(C)=O)c3)C2c2ccc(C(C)(C)C)cc2)cc1Cl. The molecular formula is C30H29ClN2O5. The number of ketones is 1. The van der Waals surface area contributed by atoms with E-state index in [1.54, 1.807) is 36.4 Å². The monoisotopic (exact) mass is 532 g/mol. The standard InChI is InChI=1S/C30H29ClN2O5/c1-17(34)32-21-7-6-8-22(16-21)33-26(18-9-12-20(13-10-18)30(2,3)4)25(28(36)29(33)37)27(35)19-11-14-24(38-5)23(31)15-19/h6-16,26,35H,1-5H3,(H,32,34)/b27-25+. The van der Waals surface area contributed by atoms with E-state index in [0.29, 0.717) is 22.7 Å². The maximum absolute atomic E-state index is 13.5. The van der Waals surface area contributed by atoms with Crippen molar-refractivity contribution < 1.29 is 24.2 Å². The molecule has 7 nitrogen and oxygen atoms in total. The Bertz CT molecular complexity index is 1450. The van der Waals surface area contributed by atoms with Gasteiger partial charge in [0.2, 0.25) is 5.91 Å². The minimum Gasteiger partial charge on any atom is -0.507 e. The van der Waals surface area contributed by atoms with Crippen molar-refractivity contribution in [3.8, 4) is 5.75 Å². The van der Waals surface area contributed by atoms with E-state index in [2.05, 4.69) is 26.1 Å². The molecule has 38 heavy (non-hydrogen) atoms. The number of nitrogens with one attached hydrogen (secondary N) is 1. The fourth-order valence-corrected chi connectivity index (χ4v) is 4.74. The van der Waals surface area contributed by atoms with Crippen LogP contribution in [0.5, 0.6) is 5.75 Å². The summed E-state index contributed by atoms with van der Waals surface area (Å²) in [6.45, 7) is 7.66. The summed E-state index contributed by atoms with van der Waals surface area (Å²) in [5.74, 6) is -1.83. The predicted molar refractivity (Wildman–Crippen MR) is 149 cm³/mol. The minimum atomic E-state index is -0.919. The molecule has 2 N–H and O–H groups in total. The number of hydrogen-bond donors (Lipinski definition) is 2. The van der Waals surface area contributed by atoms with E-state index in [0.717, 1.165) is 5.56 Å². The van der Waals surface area contributed by atoms with Crippen LogP contribution in [0.25, 0.3) is 5.76 Å². The second kappa shape index (κ2) is 10.3. The topological polar surface area (TPSA) is 95.9 Å². The summed E-state index contributed by atoms with van der Waals surface area (Å²) in [6.07, 6.45) is 0. The van der Waals surface area contributed by atoms with Crippen molar-refractivity contribution in [3.63, 3.8) is 0 Å². The summed E-state index contributed by atoms with van der Waals surface area (Å²) < 4.78 is 5.20. The highest BCUT2D eigenvalue weighted by atomic mass is 35.5. The number of aliphatic hydroxyl groups is 1. The minimum absolute atomic E-state index is 0.0651. The predicted octanol–water partition coefficient (Wildman–Crippen LogP) is 6.23. The van der Waals surface area contributed by atoms with Gasteiger partial charge < -0.3 is 15.2 Å². The number of methoxy groups -OCH3 is 1. The lowest BCUT2D eigenvalue weighted by Crippen LogP contribution is -2.29. The third-order valence-electron chi connectivity index (χ3n) is 6.41. The first-order valence-corrected chi connectivity index (χ1v) is 12.4. The van der Waals surface area contributed by atoms with Crippen molar-refractivity contribution in [3.05, 3.63) is 94.0 Å². The van der Waals surface area contributed by atoms with Gasteiger partial charge in [-0.25, -0.2) is 0 Å². The molecule has 1 fully saturated rings. The van der Waals surface area contributed by atoms with Crippen LogP contribution in [0, 0.1) is 0 Å². The van der Waals surface area contributed by atoms with Gasteiger partial charge in [0, 0.05) is 23.9 Å². The molecule has 3 aromatic rings. The van der Waals surface area contributed by atoms with Crippen LogP contribution in [0.1, 0.15) is 50.4 Å². The molecule has 1 saturated heterocycles. The Balaban J connectivity index is 1.92. The molecular weight excluding hydrogens is 504 g/mol. The number of benzene rings is 3. The van der Waals surface area contributed by atoms with Crippen LogP contribution in [-0.4, -0.2) is 29.8 Å². The zero-order chi connectivity index (χ0) is 27.8. The van der Waals surface area contributed by atoms with Crippen molar-refractivity contribution >= 4 is 46.3 Å². The van der Waals surface area contributed by atoms with E-state index < -0.39 is 17.7 Å². The first-order valence-electron chi connectivity index (χ1n) is 12.1. The van der Waals surface area contributed by atoms with Gasteiger partial charge in [0.25, 0.3) is 11.7 Å². The molecule has 1 aliphatic rings. The molecule has 4 rings (SSSR count). The smallest absolute Gasteiger partial charge is 0.300 e. The molecule has 0 saturated carbocycles. The fourth-order valence-electron chi connectivity index (χ4n) is 4.49. The van der Waals surface area contributed by atoms with Crippen molar-refractivity contribution in [2.75, 3.05) is 17.3 Å². The van der Waals surface area contributed by atoms with Crippen molar-refractivity contribution in [2.45, 2.75) is 39.2 Å². The summed E-state index contributed by atoms with van der Waals surface area (Å²) in [7, 11) is 1.47. The maximum Gasteiger partial charge on any atom is 0.300 e. The van der Waals surface area contributed by atoms with E-state index in [-0.39, 0.29) is 33.2 Å². The summed E-state index contributed by atoms with van der Waals surface area (Å²) in [5.41, 5.74) is 2.70. The number of ether oxygens (including phenoxy) is 1. The number of carbonyl (C=O) groups excluding carboxylic acids is 3. The summed E-state index contributed by atoms with van der Waals surface area (Å²) in [4.78, 5) is 39.9. The van der Waals surface area contributed by atoms with Crippen LogP contribution in [0.15, 0.2) is 72.3 Å². The highest BCUT2D eigenvalue weighted by Crippen LogP contribution is 2.43. The molecule has 1 aliphatic heterocycles. The molecule has 0 radical (unpaired) electrons. The van der Waals surface area contributed by atoms with Crippen LogP contribution in [0.4, 0.5) is 11.4 Å². The third kappa shape index (κ3) is 5.15. The van der Waals surface area contributed by atoms with E-state index >= 15 is 0 Å². The summed E-state index contributed by atoms with van der Waals surface area (Å²) >= 11 is 6.29. The molecule has 0 aromatic heterocycles. The summed E-state index contributed by atoms with van der Waals surface area (Å²) in [6, 6.07) is 18.0. The first kappa shape index (κ1) is 26.9. The van der Waals surface area contributed by atoms with Gasteiger partial charge in [0.1, 0.15) is 11.5 Å². The van der Waals surface area contributed by atoms with E-state index in [4.69, 9.17) is 16.3 Å². The zero-order valence-corrected chi connectivity index (χ0v) is 22.6. The molecule has 1 heterocycles. The van der Waals surface area contributed by atoms with Gasteiger partial charge in [-0.05, 0) is 52.9 Å². The van der Waals surface area contributed by atoms with Gasteiger partial charge in [-0.1, -0.05) is 62.7 Å². The van der Waals surface area contributed by atoms with Gasteiger partial charge in [-0.2, -0.15) is 0 Å². The highest BCUT2D eigenvalue weighted by Gasteiger charge is 2.47. The molecule has 3 aromatic carbocycles. The lowest BCUT2D eigenvalue weighted by atomic mass is 9.85. The second-order valence-corrected chi connectivity index (χ2v) is 10.5. The van der Waals surface area contributed by atoms with Crippen LogP contribution in [0.3, 0.4) is 0 Å². The molecule has 0 aliphatic carbocycles. The maximum atomic E-state index is 13.5. The van der Waals surface area contributed by atoms with Crippen molar-refractivity contribution in [1.82, 2.24) is 0 Å². The average Bonchev–Trinajstić information content (AvgIpc) is 3.13. The van der Waals surface area contributed by atoms with Gasteiger partial charge >= 0.3 is 0 Å². The Morgan fingerprint density at radius 1 is 1.03 bits per heavy atom. The Morgan fingerprint density at radius 3 is 2.29 bits per heavy atom. The van der Waals surface area contributed by atoms with Crippen molar-refractivity contribution in [1.29, 1.82) is 0 Å². The third-order valence-corrected chi connectivity index (χ3v) is 6.70. The van der Waals surface area contributed by atoms with Gasteiger partial charge in [-0.15, -0.1) is 0 Å². The van der Waals surface area contributed by atoms with Crippen LogP contribution in [0.2, 0.25) is 5.02 Å². The largest absolute Gasteiger partial charge is 0.507 e. The van der Waals surface area contributed by atoms with Crippen LogP contribution >= 0.6 is 11.6 Å². The number of rotatable bonds is 5. The Hall–Kier alpha value is -4.10. The fraction of sp³-hybridized carbons (Fsp3) is 0.233.